The SMILES string of the molecule is O=C(O)C1CN(C(=O)Nc2ccc(Cl)cc2F)CCO1. The summed E-state index contributed by atoms with van der Waals surface area (Å²) in [5, 5.41) is 11.4. The van der Waals surface area contributed by atoms with Gasteiger partial charge in [-0.1, -0.05) is 11.6 Å². The van der Waals surface area contributed by atoms with Crippen molar-refractivity contribution in [1.29, 1.82) is 0 Å². The van der Waals surface area contributed by atoms with Gasteiger partial charge >= 0.3 is 12.0 Å². The van der Waals surface area contributed by atoms with E-state index in [-0.39, 0.29) is 30.4 Å². The van der Waals surface area contributed by atoms with Gasteiger partial charge in [-0.3, -0.25) is 0 Å². The largest absolute Gasteiger partial charge is 0.479 e. The fourth-order valence-corrected chi connectivity index (χ4v) is 1.93. The normalized spacial score (nSPS) is 18.7. The molecule has 2 rings (SSSR count). The van der Waals surface area contributed by atoms with Gasteiger partial charge in [-0.15, -0.1) is 0 Å². The zero-order chi connectivity index (χ0) is 14.7. The van der Waals surface area contributed by atoms with Crippen molar-refractivity contribution in [3.8, 4) is 0 Å². The summed E-state index contributed by atoms with van der Waals surface area (Å²) in [6.07, 6.45) is -1.07. The Bertz CT molecular complexity index is 540. The summed E-state index contributed by atoms with van der Waals surface area (Å²) in [4.78, 5) is 24.0. The van der Waals surface area contributed by atoms with Crippen molar-refractivity contribution in [2.75, 3.05) is 25.0 Å². The second-order valence-corrected chi connectivity index (χ2v) is 4.63. The number of aliphatic carboxylic acids is 1. The Kier molecular flexibility index (Phi) is 4.41. The topological polar surface area (TPSA) is 78.9 Å². The molecular formula is C12H12ClFN2O4. The monoisotopic (exact) mass is 302 g/mol. The zero-order valence-electron chi connectivity index (χ0n) is 10.3. The Morgan fingerprint density at radius 3 is 2.90 bits per heavy atom. The second kappa shape index (κ2) is 6.06. The molecule has 0 spiro atoms. The smallest absolute Gasteiger partial charge is 0.334 e. The van der Waals surface area contributed by atoms with Gasteiger partial charge in [0.1, 0.15) is 5.82 Å². The van der Waals surface area contributed by atoms with E-state index in [0.717, 1.165) is 6.07 Å². The third-order valence-corrected chi connectivity index (χ3v) is 3.04. The maximum Gasteiger partial charge on any atom is 0.334 e. The maximum atomic E-state index is 13.5. The molecule has 1 aliphatic rings. The van der Waals surface area contributed by atoms with Crippen LogP contribution in [0.3, 0.4) is 0 Å². The van der Waals surface area contributed by atoms with E-state index in [4.69, 9.17) is 21.4 Å². The quantitative estimate of drug-likeness (QED) is 0.873. The summed E-state index contributed by atoms with van der Waals surface area (Å²) >= 11 is 5.61. The molecule has 8 heteroatoms. The standard InChI is InChI=1S/C12H12ClFN2O4/c13-7-1-2-9(8(14)5-7)15-12(19)16-3-4-20-10(6-16)11(17)18/h1-2,5,10H,3-4,6H2,(H,15,19)(H,17,18). The highest BCUT2D eigenvalue weighted by Crippen LogP contribution is 2.19. The van der Waals surface area contributed by atoms with E-state index in [1.807, 2.05) is 0 Å². The average molecular weight is 303 g/mol. The van der Waals surface area contributed by atoms with Gasteiger partial charge in [-0.25, -0.2) is 14.0 Å². The highest BCUT2D eigenvalue weighted by molar-refractivity contribution is 6.30. The van der Waals surface area contributed by atoms with E-state index < -0.39 is 23.9 Å². The first-order valence-corrected chi connectivity index (χ1v) is 6.20. The molecule has 2 N–H and O–H groups in total. The van der Waals surface area contributed by atoms with Gasteiger partial charge < -0.3 is 20.1 Å². The number of nitrogens with one attached hydrogen (secondary N) is 1. The third-order valence-electron chi connectivity index (χ3n) is 2.80. The summed E-state index contributed by atoms with van der Waals surface area (Å²) in [5.41, 5.74) is -0.0160. The van der Waals surface area contributed by atoms with Crippen molar-refractivity contribution in [3.05, 3.63) is 29.0 Å². The van der Waals surface area contributed by atoms with Gasteiger partial charge in [-0.05, 0) is 18.2 Å². The van der Waals surface area contributed by atoms with Crippen molar-refractivity contribution in [2.24, 2.45) is 0 Å². The molecule has 0 bridgehead atoms. The Morgan fingerprint density at radius 1 is 1.50 bits per heavy atom. The van der Waals surface area contributed by atoms with Crippen molar-refractivity contribution in [1.82, 2.24) is 4.90 Å². The summed E-state index contributed by atoms with van der Waals surface area (Å²) in [6, 6.07) is 3.28. The number of morpholine rings is 1. The van der Waals surface area contributed by atoms with Gasteiger partial charge in [-0.2, -0.15) is 0 Å². The number of hydrogen-bond donors (Lipinski definition) is 2. The Balaban J connectivity index is 2.02. The minimum atomic E-state index is -1.14. The highest BCUT2D eigenvalue weighted by atomic mass is 35.5. The van der Waals surface area contributed by atoms with E-state index in [9.17, 15) is 14.0 Å². The van der Waals surface area contributed by atoms with Gasteiger partial charge in [0.2, 0.25) is 0 Å². The van der Waals surface area contributed by atoms with Crippen LogP contribution >= 0.6 is 11.6 Å². The molecule has 1 heterocycles. The molecule has 1 aromatic carbocycles. The number of anilines is 1. The van der Waals surface area contributed by atoms with Crippen molar-refractivity contribution in [3.63, 3.8) is 0 Å². The van der Waals surface area contributed by atoms with E-state index in [1.165, 1.54) is 17.0 Å². The molecular weight excluding hydrogens is 291 g/mol. The van der Waals surface area contributed by atoms with Crippen LogP contribution in [-0.2, 0) is 9.53 Å². The van der Waals surface area contributed by atoms with E-state index in [0.29, 0.717) is 0 Å². The van der Waals surface area contributed by atoms with Gasteiger partial charge in [0.25, 0.3) is 0 Å². The highest BCUT2D eigenvalue weighted by Gasteiger charge is 2.29. The van der Waals surface area contributed by atoms with Gasteiger partial charge in [0.15, 0.2) is 6.10 Å². The fourth-order valence-electron chi connectivity index (χ4n) is 1.77. The van der Waals surface area contributed by atoms with Gasteiger partial charge in [0.05, 0.1) is 18.8 Å². The molecule has 1 aliphatic heterocycles. The molecule has 1 fully saturated rings. The predicted octanol–water partition coefficient (Wildman–Crippen LogP) is 1.80. The van der Waals surface area contributed by atoms with E-state index in [1.54, 1.807) is 0 Å². The molecule has 108 valence electrons. The molecule has 1 unspecified atom stereocenters. The number of benzene rings is 1. The predicted molar refractivity (Wildman–Crippen MR) is 69.4 cm³/mol. The first-order chi connectivity index (χ1) is 9.47. The van der Waals surface area contributed by atoms with E-state index in [2.05, 4.69) is 5.32 Å². The number of nitrogens with zero attached hydrogens (tertiary/aromatic N) is 1. The number of hydrogen-bond acceptors (Lipinski definition) is 3. The van der Waals surface area contributed by atoms with Crippen LogP contribution in [0.4, 0.5) is 14.9 Å². The summed E-state index contributed by atoms with van der Waals surface area (Å²) in [6.45, 7) is 0.273. The summed E-state index contributed by atoms with van der Waals surface area (Å²) in [5.74, 6) is -1.80. The summed E-state index contributed by atoms with van der Waals surface area (Å²) < 4.78 is 18.5. The Hall–Kier alpha value is -1.86. The van der Waals surface area contributed by atoms with Crippen LogP contribution in [0.2, 0.25) is 5.02 Å². The lowest BCUT2D eigenvalue weighted by Gasteiger charge is -2.30. The van der Waals surface area contributed by atoms with Crippen LogP contribution < -0.4 is 5.32 Å². The minimum Gasteiger partial charge on any atom is -0.479 e. The third kappa shape index (κ3) is 3.37. The molecule has 0 aliphatic carbocycles. The lowest BCUT2D eigenvalue weighted by molar-refractivity contribution is -0.154. The van der Waals surface area contributed by atoms with Crippen LogP contribution in [0.15, 0.2) is 18.2 Å². The number of carboxylic acids is 1. The number of halogens is 2. The molecule has 0 aromatic heterocycles. The number of carboxylic acid groups (broad SMARTS) is 1. The van der Waals surface area contributed by atoms with E-state index >= 15 is 0 Å². The first-order valence-electron chi connectivity index (χ1n) is 5.83. The van der Waals surface area contributed by atoms with Crippen molar-refractivity contribution >= 4 is 29.3 Å². The molecule has 2 amide bonds. The van der Waals surface area contributed by atoms with Crippen LogP contribution in [0, 0.1) is 5.82 Å². The van der Waals surface area contributed by atoms with Crippen LogP contribution in [0.1, 0.15) is 0 Å². The lowest BCUT2D eigenvalue weighted by atomic mass is 10.3. The number of ether oxygens (including phenoxy) is 1. The number of carbonyl (C=O) groups is 2. The second-order valence-electron chi connectivity index (χ2n) is 4.20. The molecule has 1 saturated heterocycles. The van der Waals surface area contributed by atoms with Crippen LogP contribution in [0.5, 0.6) is 0 Å². The molecule has 1 aromatic rings. The average Bonchev–Trinajstić information content (AvgIpc) is 2.42. The lowest BCUT2D eigenvalue weighted by Crippen LogP contribution is -2.50. The molecule has 20 heavy (non-hydrogen) atoms. The molecule has 0 radical (unpaired) electrons. The fraction of sp³-hybridized carbons (Fsp3) is 0.333. The van der Waals surface area contributed by atoms with Crippen LogP contribution in [0.25, 0.3) is 0 Å². The Morgan fingerprint density at radius 2 is 2.25 bits per heavy atom. The molecule has 6 nitrogen and oxygen atoms in total. The zero-order valence-corrected chi connectivity index (χ0v) is 11.1. The van der Waals surface area contributed by atoms with Crippen LogP contribution in [-0.4, -0.2) is 47.8 Å². The minimum absolute atomic E-state index is 0.0160. The molecule has 1 atom stereocenters. The molecule has 0 saturated carbocycles. The number of urea groups is 1. The summed E-state index contributed by atoms with van der Waals surface area (Å²) in [7, 11) is 0. The van der Waals surface area contributed by atoms with Gasteiger partial charge in [0, 0.05) is 11.6 Å². The maximum absolute atomic E-state index is 13.5. The number of rotatable bonds is 2. The van der Waals surface area contributed by atoms with Crippen molar-refractivity contribution in [2.45, 2.75) is 6.10 Å². The van der Waals surface area contributed by atoms with Crippen molar-refractivity contribution < 1.29 is 23.8 Å². The number of amides is 2. The first kappa shape index (κ1) is 14.5. The Labute approximate surface area is 119 Å². The number of carbonyl (C=O) groups excluding carboxylic acids is 1.